The molecule has 0 bridgehead atoms. The molecule has 0 aliphatic heterocycles. The molecule has 1 aromatic carbocycles. The van der Waals surface area contributed by atoms with Gasteiger partial charge in [0.2, 0.25) is 0 Å². The zero-order chi connectivity index (χ0) is 12.1. The molecule has 2 rings (SSSR count). The minimum absolute atomic E-state index is 0.210. The second-order valence-corrected chi connectivity index (χ2v) is 5.30. The van der Waals surface area contributed by atoms with Crippen molar-refractivity contribution >= 4 is 23.4 Å². The fourth-order valence-electron chi connectivity index (χ4n) is 1.52. The fourth-order valence-corrected chi connectivity index (χ4v) is 2.83. The second-order valence-electron chi connectivity index (χ2n) is 3.59. The zero-order valence-corrected chi connectivity index (χ0v) is 10.8. The van der Waals surface area contributed by atoms with Crippen LogP contribution < -0.4 is 5.73 Å². The normalized spacial score (nSPS) is 12.4. The van der Waals surface area contributed by atoms with Crippen molar-refractivity contribution in [2.45, 2.75) is 10.1 Å². The van der Waals surface area contributed by atoms with Crippen LogP contribution in [0.1, 0.15) is 10.8 Å². The number of pyridine rings is 1. The number of benzene rings is 1. The number of thioether (sulfide) groups is 1. The molecule has 0 amide bonds. The molecule has 0 spiro atoms. The maximum absolute atomic E-state index is 5.96. The molecular formula is C13H13ClN2S. The number of hydrogen-bond donors (Lipinski definition) is 1. The maximum Gasteiger partial charge on any atom is 0.0482 e. The van der Waals surface area contributed by atoms with Gasteiger partial charge in [0.15, 0.2) is 0 Å². The summed E-state index contributed by atoms with van der Waals surface area (Å²) in [5, 5.41) is 0.958. The number of aromatic nitrogens is 1. The Kier molecular flexibility index (Phi) is 4.42. The van der Waals surface area contributed by atoms with Crippen LogP contribution in [0.25, 0.3) is 0 Å². The van der Waals surface area contributed by atoms with Gasteiger partial charge in [-0.05, 0) is 29.8 Å². The maximum atomic E-state index is 5.96. The summed E-state index contributed by atoms with van der Waals surface area (Å²) >= 11 is 7.67. The topological polar surface area (TPSA) is 38.9 Å². The third-order valence-electron chi connectivity index (χ3n) is 2.34. The standard InChI is InChI=1S/C13H13ClN2S/c14-11-4-1-5-12(7-11)17-13(8-15)10-3-2-6-16-9-10/h1-7,9,13H,8,15H2. The molecule has 0 aliphatic rings. The minimum atomic E-state index is 0.210. The predicted molar refractivity (Wildman–Crippen MR) is 73.3 cm³/mol. The van der Waals surface area contributed by atoms with Gasteiger partial charge in [-0.2, -0.15) is 0 Å². The van der Waals surface area contributed by atoms with Gasteiger partial charge in [-0.15, -0.1) is 11.8 Å². The van der Waals surface area contributed by atoms with Gasteiger partial charge in [0.25, 0.3) is 0 Å². The van der Waals surface area contributed by atoms with Gasteiger partial charge in [-0.1, -0.05) is 23.7 Å². The van der Waals surface area contributed by atoms with E-state index >= 15 is 0 Å². The van der Waals surface area contributed by atoms with Crippen LogP contribution in [-0.4, -0.2) is 11.5 Å². The van der Waals surface area contributed by atoms with Crippen LogP contribution in [0.15, 0.2) is 53.7 Å². The van der Waals surface area contributed by atoms with Crippen LogP contribution in [0, 0.1) is 0 Å². The van der Waals surface area contributed by atoms with Crippen LogP contribution in [0.3, 0.4) is 0 Å². The first kappa shape index (κ1) is 12.4. The largest absolute Gasteiger partial charge is 0.329 e. The molecule has 1 atom stereocenters. The summed E-state index contributed by atoms with van der Waals surface area (Å²) in [6, 6.07) is 11.8. The number of hydrogen-bond acceptors (Lipinski definition) is 3. The monoisotopic (exact) mass is 264 g/mol. The average Bonchev–Trinajstić information content (AvgIpc) is 2.37. The molecule has 0 fully saturated rings. The zero-order valence-electron chi connectivity index (χ0n) is 9.21. The first-order valence-corrected chi connectivity index (χ1v) is 6.57. The van der Waals surface area contributed by atoms with Crippen molar-refractivity contribution in [1.82, 2.24) is 4.98 Å². The molecule has 0 radical (unpaired) electrons. The first-order chi connectivity index (χ1) is 8.29. The Morgan fingerprint density at radius 1 is 1.29 bits per heavy atom. The van der Waals surface area contributed by atoms with E-state index in [9.17, 15) is 0 Å². The van der Waals surface area contributed by atoms with Gasteiger partial charge in [0, 0.05) is 34.1 Å². The lowest BCUT2D eigenvalue weighted by molar-refractivity contribution is 0.932. The predicted octanol–water partition coefficient (Wildman–Crippen LogP) is 3.53. The molecule has 0 saturated heterocycles. The number of halogens is 1. The van der Waals surface area contributed by atoms with E-state index in [0.717, 1.165) is 15.5 Å². The highest BCUT2D eigenvalue weighted by atomic mass is 35.5. The van der Waals surface area contributed by atoms with Gasteiger partial charge in [-0.25, -0.2) is 0 Å². The van der Waals surface area contributed by atoms with Crippen LogP contribution in [-0.2, 0) is 0 Å². The first-order valence-electron chi connectivity index (χ1n) is 5.32. The van der Waals surface area contributed by atoms with Crippen molar-refractivity contribution in [1.29, 1.82) is 0 Å². The van der Waals surface area contributed by atoms with Crippen molar-refractivity contribution in [2.24, 2.45) is 5.73 Å². The van der Waals surface area contributed by atoms with E-state index in [1.54, 1.807) is 18.0 Å². The summed E-state index contributed by atoms with van der Waals surface area (Å²) in [5.41, 5.74) is 6.95. The average molecular weight is 265 g/mol. The van der Waals surface area contributed by atoms with Crippen molar-refractivity contribution in [2.75, 3.05) is 6.54 Å². The van der Waals surface area contributed by atoms with E-state index in [1.165, 1.54) is 0 Å². The molecule has 88 valence electrons. The molecule has 4 heteroatoms. The van der Waals surface area contributed by atoms with Crippen molar-refractivity contribution in [3.63, 3.8) is 0 Å². The van der Waals surface area contributed by atoms with E-state index < -0.39 is 0 Å². The highest BCUT2D eigenvalue weighted by molar-refractivity contribution is 7.99. The molecule has 2 nitrogen and oxygen atoms in total. The summed E-state index contributed by atoms with van der Waals surface area (Å²) in [6.45, 7) is 0.572. The molecule has 17 heavy (non-hydrogen) atoms. The van der Waals surface area contributed by atoms with E-state index in [0.29, 0.717) is 6.54 Å². The lowest BCUT2D eigenvalue weighted by Gasteiger charge is -2.14. The molecular weight excluding hydrogens is 252 g/mol. The smallest absolute Gasteiger partial charge is 0.0482 e. The lowest BCUT2D eigenvalue weighted by Crippen LogP contribution is -2.09. The summed E-state index contributed by atoms with van der Waals surface area (Å²) in [7, 11) is 0. The quantitative estimate of drug-likeness (QED) is 0.859. The number of nitrogens with two attached hydrogens (primary N) is 1. The van der Waals surface area contributed by atoms with Gasteiger partial charge in [-0.3, -0.25) is 4.98 Å². The van der Waals surface area contributed by atoms with Gasteiger partial charge in [0.1, 0.15) is 0 Å². The molecule has 2 aromatic rings. The summed E-state index contributed by atoms with van der Waals surface area (Å²) in [5.74, 6) is 0. The Morgan fingerprint density at radius 3 is 2.82 bits per heavy atom. The Morgan fingerprint density at radius 2 is 2.18 bits per heavy atom. The van der Waals surface area contributed by atoms with Crippen molar-refractivity contribution in [3.8, 4) is 0 Å². The molecule has 1 heterocycles. The third kappa shape index (κ3) is 3.46. The summed E-state index contributed by atoms with van der Waals surface area (Å²) in [4.78, 5) is 5.24. The highest BCUT2D eigenvalue weighted by Gasteiger charge is 2.11. The van der Waals surface area contributed by atoms with Gasteiger partial charge >= 0.3 is 0 Å². The summed E-state index contributed by atoms with van der Waals surface area (Å²) < 4.78 is 0. The SMILES string of the molecule is NCC(Sc1cccc(Cl)c1)c1cccnc1. The van der Waals surface area contributed by atoms with Gasteiger partial charge in [0.05, 0.1) is 0 Å². The van der Waals surface area contributed by atoms with Crippen LogP contribution in [0.4, 0.5) is 0 Å². The Balaban J connectivity index is 2.16. The van der Waals surface area contributed by atoms with E-state index in [4.69, 9.17) is 17.3 Å². The molecule has 0 aliphatic carbocycles. The van der Waals surface area contributed by atoms with Gasteiger partial charge < -0.3 is 5.73 Å². The van der Waals surface area contributed by atoms with Crippen molar-refractivity contribution < 1.29 is 0 Å². The molecule has 2 N–H and O–H groups in total. The fraction of sp³-hybridized carbons (Fsp3) is 0.154. The Labute approximate surface area is 110 Å². The molecule has 1 unspecified atom stereocenters. The molecule has 0 saturated carbocycles. The highest BCUT2D eigenvalue weighted by Crippen LogP contribution is 2.34. The van der Waals surface area contributed by atoms with E-state index in [1.807, 2.05) is 42.6 Å². The Hall–Kier alpha value is -1.03. The van der Waals surface area contributed by atoms with Crippen LogP contribution in [0.2, 0.25) is 5.02 Å². The Bertz CT molecular complexity index is 476. The number of nitrogens with zero attached hydrogens (tertiary/aromatic N) is 1. The number of rotatable bonds is 4. The molecule has 1 aromatic heterocycles. The second kappa shape index (κ2) is 6.05. The summed E-state index contributed by atoms with van der Waals surface area (Å²) in [6.07, 6.45) is 3.62. The van der Waals surface area contributed by atoms with Crippen LogP contribution >= 0.6 is 23.4 Å². The minimum Gasteiger partial charge on any atom is -0.329 e. The van der Waals surface area contributed by atoms with Crippen LogP contribution in [0.5, 0.6) is 0 Å². The lowest BCUT2D eigenvalue weighted by atomic mass is 10.2. The third-order valence-corrected chi connectivity index (χ3v) is 3.86. The van der Waals surface area contributed by atoms with E-state index in [2.05, 4.69) is 4.98 Å². The van der Waals surface area contributed by atoms with E-state index in [-0.39, 0.29) is 5.25 Å². The van der Waals surface area contributed by atoms with Crippen molar-refractivity contribution in [3.05, 3.63) is 59.4 Å².